The molecule has 6 heteroatoms. The Balaban J connectivity index is 0. The number of hydrogen-bond acceptors (Lipinski definition) is 1. The molecule has 0 aliphatic rings. The summed E-state index contributed by atoms with van der Waals surface area (Å²) in [4.78, 5) is -0.0973. The molecule has 1 atom stereocenters. The van der Waals surface area contributed by atoms with Gasteiger partial charge in [0.25, 0.3) is 0 Å². The fourth-order valence-corrected chi connectivity index (χ4v) is 7.24. The second-order valence-electron chi connectivity index (χ2n) is 4.22. The van der Waals surface area contributed by atoms with Crippen LogP contribution in [0.25, 0.3) is 10.9 Å². The van der Waals surface area contributed by atoms with Crippen molar-refractivity contribution in [1.82, 2.24) is 0 Å². The van der Waals surface area contributed by atoms with Crippen LogP contribution in [0.4, 0.5) is 0 Å². The summed E-state index contributed by atoms with van der Waals surface area (Å²) in [6.07, 6.45) is 0. The van der Waals surface area contributed by atoms with E-state index in [4.69, 9.17) is 4.74 Å². The first-order valence-electron chi connectivity index (χ1n) is 5.61. The Kier molecular flexibility index (Phi) is 10.9. The van der Waals surface area contributed by atoms with E-state index in [2.05, 4.69) is 39.0 Å². The van der Waals surface area contributed by atoms with Gasteiger partial charge in [-0.2, -0.15) is 0 Å². The van der Waals surface area contributed by atoms with Gasteiger partial charge in [-0.1, -0.05) is 0 Å². The monoisotopic (exact) mass is 426 g/mol. The van der Waals surface area contributed by atoms with E-state index in [1.807, 2.05) is 6.07 Å². The van der Waals surface area contributed by atoms with Gasteiger partial charge in [0.05, 0.1) is 0 Å². The molecule has 2 aromatic rings. The van der Waals surface area contributed by atoms with Crippen molar-refractivity contribution in [2.45, 2.75) is 20.8 Å². The van der Waals surface area contributed by atoms with Crippen molar-refractivity contribution in [3.05, 3.63) is 40.7 Å². The van der Waals surface area contributed by atoms with E-state index in [1.165, 1.54) is 22.0 Å². The van der Waals surface area contributed by atoms with Crippen molar-refractivity contribution in [3.63, 3.8) is 0 Å². The van der Waals surface area contributed by atoms with Crippen molar-refractivity contribution in [2.75, 3.05) is 7.11 Å². The number of halogens is 3. The smallest absolute Gasteiger partial charge is 1.00 e. The minimum atomic E-state index is -0.0973. The molecule has 1 unspecified atom stereocenters. The zero-order valence-electron chi connectivity index (χ0n) is 11.8. The third kappa shape index (κ3) is 4.05. The van der Waals surface area contributed by atoms with Crippen LogP contribution in [0.3, 0.4) is 0 Å². The van der Waals surface area contributed by atoms with Gasteiger partial charge in [-0.15, -0.1) is 0 Å². The third-order valence-corrected chi connectivity index (χ3v) is 9.53. The number of rotatable bonds is 2. The average molecular weight is 429 g/mol. The second kappa shape index (κ2) is 9.55. The third-order valence-electron chi connectivity index (χ3n) is 3.38. The van der Waals surface area contributed by atoms with Crippen LogP contribution in [0.1, 0.15) is 16.4 Å². The minimum Gasteiger partial charge on any atom is -1.00 e. The van der Waals surface area contributed by atoms with E-state index in [1.54, 1.807) is 36.5 Å². The first-order chi connectivity index (χ1) is 8.07. The molecule has 0 saturated heterocycles. The molecular formula is C14H16Cl3OPZr. The zero-order valence-corrected chi connectivity index (χ0v) is 17.4. The Morgan fingerprint density at radius 2 is 1.50 bits per heavy atom. The van der Waals surface area contributed by atoms with Crippen molar-refractivity contribution in [2.24, 2.45) is 0 Å². The van der Waals surface area contributed by atoms with E-state index in [0.29, 0.717) is 0 Å². The number of methoxy groups -OCH3 is 1. The van der Waals surface area contributed by atoms with Crippen LogP contribution in [-0.4, -0.2) is 7.11 Å². The summed E-state index contributed by atoms with van der Waals surface area (Å²) >= 11 is 1.62. The van der Waals surface area contributed by atoms with Crippen LogP contribution in [0.15, 0.2) is 24.3 Å². The van der Waals surface area contributed by atoms with E-state index in [-0.39, 0.29) is 42.0 Å². The van der Waals surface area contributed by atoms with E-state index < -0.39 is 0 Å². The normalized spacial score (nSPS) is 10.0. The number of para-hydroxylation sites is 1. The summed E-state index contributed by atoms with van der Waals surface area (Å²) in [6, 6.07) is 8.37. The van der Waals surface area contributed by atoms with Crippen LogP contribution < -0.4 is 42.0 Å². The molecule has 1 heterocycles. The van der Waals surface area contributed by atoms with Gasteiger partial charge < -0.3 is 37.2 Å². The van der Waals surface area contributed by atoms with Crippen LogP contribution in [-0.2, 0) is 24.1 Å². The number of ether oxygens (including phenoxy) is 1. The fraction of sp³-hybridized carbons (Fsp3) is 0.286. The Hall–Kier alpha value is 0.553. The summed E-state index contributed by atoms with van der Waals surface area (Å²) in [5.41, 5.74) is 4.22. The van der Waals surface area contributed by atoms with Crippen molar-refractivity contribution < 1.29 is 66.1 Å². The van der Waals surface area contributed by atoms with Crippen LogP contribution in [0.5, 0.6) is 5.75 Å². The largest absolute Gasteiger partial charge is 1.00 e. The predicted octanol–water partition coefficient (Wildman–Crippen LogP) is -4.40. The molecule has 20 heavy (non-hydrogen) atoms. The molecule has 0 spiro atoms. The SMILES string of the molecule is COc1ccccc1-c1c(C)c(C)c(C)[p]1[Zr+3].[Cl-].[Cl-].[Cl-]. The molecular weight excluding hydrogens is 413 g/mol. The maximum atomic E-state index is 5.49. The van der Waals surface area contributed by atoms with Crippen molar-refractivity contribution >= 4 is 4.83 Å². The van der Waals surface area contributed by atoms with Gasteiger partial charge >= 0.3 is 119 Å². The van der Waals surface area contributed by atoms with E-state index in [9.17, 15) is 0 Å². The van der Waals surface area contributed by atoms with Crippen LogP contribution >= 0.6 is 4.83 Å². The zero-order chi connectivity index (χ0) is 12.6. The predicted molar refractivity (Wildman–Crippen MR) is 70.7 cm³/mol. The topological polar surface area (TPSA) is 9.23 Å². The van der Waals surface area contributed by atoms with Gasteiger partial charge in [0.1, 0.15) is 0 Å². The summed E-state index contributed by atoms with van der Waals surface area (Å²) < 4.78 is 5.49. The molecule has 0 radical (unpaired) electrons. The fourth-order valence-electron chi connectivity index (χ4n) is 2.11. The summed E-state index contributed by atoms with van der Waals surface area (Å²) in [7, 11) is 1.75. The summed E-state index contributed by atoms with van der Waals surface area (Å²) in [5, 5.41) is 3.10. The Morgan fingerprint density at radius 1 is 0.950 bits per heavy atom. The summed E-state index contributed by atoms with van der Waals surface area (Å²) in [5.74, 6) is 0.999. The second-order valence-corrected chi connectivity index (χ2v) is 9.31. The molecule has 108 valence electrons. The first kappa shape index (κ1) is 22.8. The molecule has 0 N–H and O–H groups in total. The molecule has 1 nitrogen and oxygen atoms in total. The molecule has 0 aliphatic carbocycles. The molecule has 1 aromatic heterocycles. The Bertz CT molecular complexity index is 544. The maximum absolute atomic E-state index is 5.49. The minimum absolute atomic E-state index is 0. The summed E-state index contributed by atoms with van der Waals surface area (Å²) in [6.45, 7) is 6.76. The molecule has 0 amide bonds. The van der Waals surface area contributed by atoms with E-state index >= 15 is 0 Å². The van der Waals surface area contributed by atoms with Gasteiger partial charge in [0, 0.05) is 0 Å². The van der Waals surface area contributed by atoms with Gasteiger partial charge in [-0.25, -0.2) is 0 Å². The molecule has 2 rings (SSSR count). The molecule has 0 bridgehead atoms. The molecule has 0 saturated carbocycles. The number of benzene rings is 1. The standard InChI is InChI=1S/C14H16OP.3ClH.Zr/c1-9-10(2)14(16-11(9)3)12-7-5-6-8-13(12)15-4;;;;/h5-8H,1-4H3;3*1H;/q-1;;;;+4/p-3. The average Bonchev–Trinajstić information content (AvgIpc) is 2.54. The quantitative estimate of drug-likeness (QED) is 0.469. The molecule has 1 aromatic carbocycles. The molecule has 0 aliphatic heterocycles. The Morgan fingerprint density at radius 3 is 1.95 bits per heavy atom. The number of hydrogen-bond donors (Lipinski definition) is 0. The first-order valence-corrected chi connectivity index (χ1v) is 10.2. The van der Waals surface area contributed by atoms with E-state index in [0.717, 1.165) is 5.75 Å². The Labute approximate surface area is 155 Å². The van der Waals surface area contributed by atoms with Gasteiger partial charge in [0.15, 0.2) is 0 Å². The van der Waals surface area contributed by atoms with Crippen LogP contribution in [0, 0.1) is 20.8 Å². The van der Waals surface area contributed by atoms with Gasteiger partial charge in [-0.3, -0.25) is 0 Å². The molecule has 0 fully saturated rings. The van der Waals surface area contributed by atoms with Crippen LogP contribution in [0.2, 0.25) is 0 Å². The van der Waals surface area contributed by atoms with Crippen molar-refractivity contribution in [1.29, 1.82) is 0 Å². The maximum Gasteiger partial charge on any atom is -1.00 e. The van der Waals surface area contributed by atoms with Gasteiger partial charge in [-0.05, 0) is 0 Å². The van der Waals surface area contributed by atoms with Gasteiger partial charge in [0.2, 0.25) is 0 Å². The van der Waals surface area contributed by atoms with Crippen molar-refractivity contribution in [3.8, 4) is 16.6 Å².